The minimum atomic E-state index is -0.193. The summed E-state index contributed by atoms with van der Waals surface area (Å²) in [6.45, 7) is 0. The highest BCUT2D eigenvalue weighted by atomic mass is 32.1. The van der Waals surface area contributed by atoms with Crippen molar-refractivity contribution in [1.82, 2.24) is 30.1 Å². The number of amides is 1. The molecule has 9 heteroatoms. The molecule has 38 heavy (non-hydrogen) atoms. The van der Waals surface area contributed by atoms with Gasteiger partial charge in [-0.15, -0.1) is 0 Å². The highest BCUT2D eigenvalue weighted by Gasteiger charge is 2.17. The van der Waals surface area contributed by atoms with E-state index in [1.54, 1.807) is 42.1 Å². The van der Waals surface area contributed by atoms with E-state index in [-0.39, 0.29) is 5.91 Å². The highest BCUT2D eigenvalue weighted by Crippen LogP contribution is 2.33. The molecule has 5 heterocycles. The first-order valence-electron chi connectivity index (χ1n) is 11.9. The second kappa shape index (κ2) is 9.06. The van der Waals surface area contributed by atoms with Crippen LogP contribution in [-0.2, 0) is 0 Å². The quantitative estimate of drug-likeness (QED) is 0.242. The van der Waals surface area contributed by atoms with Crippen molar-refractivity contribution in [3.63, 3.8) is 0 Å². The number of pyridine rings is 2. The molecule has 182 valence electrons. The minimum absolute atomic E-state index is 0.193. The van der Waals surface area contributed by atoms with E-state index in [4.69, 9.17) is 4.98 Å². The molecule has 7 aromatic rings. The third-order valence-electron chi connectivity index (χ3n) is 6.35. The summed E-state index contributed by atoms with van der Waals surface area (Å²) in [6.07, 6.45) is 5.13. The van der Waals surface area contributed by atoms with Gasteiger partial charge >= 0.3 is 0 Å². The number of para-hydroxylation sites is 1. The zero-order chi connectivity index (χ0) is 25.5. The fourth-order valence-electron chi connectivity index (χ4n) is 4.50. The molecule has 5 aromatic heterocycles. The molecule has 0 fully saturated rings. The Morgan fingerprint density at radius 1 is 0.895 bits per heavy atom. The van der Waals surface area contributed by atoms with E-state index in [1.807, 2.05) is 42.5 Å². The molecule has 0 radical (unpaired) electrons. The summed E-state index contributed by atoms with van der Waals surface area (Å²) < 4.78 is 0. The Balaban J connectivity index is 1.25. The lowest BCUT2D eigenvalue weighted by Gasteiger charge is -2.07. The van der Waals surface area contributed by atoms with Gasteiger partial charge in [0, 0.05) is 34.6 Å². The average molecular weight is 514 g/mol. The molecule has 0 aliphatic heterocycles. The van der Waals surface area contributed by atoms with Crippen LogP contribution in [0.25, 0.3) is 55.8 Å². The Labute approximate surface area is 220 Å². The van der Waals surface area contributed by atoms with Crippen molar-refractivity contribution in [2.24, 2.45) is 0 Å². The summed E-state index contributed by atoms with van der Waals surface area (Å²) in [5.74, 6) is 0.469. The Hall–Kier alpha value is -5.15. The van der Waals surface area contributed by atoms with E-state index in [0.29, 0.717) is 28.4 Å². The standard InChI is InChI=1S/C29H19N7OS/c37-29(17-5-2-1-3-6-17)32-21-11-19(13-30-15-21)20-12-23-26(35-36-27(23)31-14-20)28-33-24-8-4-7-22(25(24)34-28)18-9-10-38-16-18/h1-16H,(H,32,37)(H,33,34)(H,31,35,36). The lowest BCUT2D eigenvalue weighted by Crippen LogP contribution is -2.11. The second-order valence-electron chi connectivity index (χ2n) is 8.77. The number of aromatic nitrogens is 6. The fraction of sp³-hybridized carbons (Fsp3) is 0. The summed E-state index contributed by atoms with van der Waals surface area (Å²) in [7, 11) is 0. The number of thiophene rings is 1. The largest absolute Gasteiger partial charge is 0.337 e. The molecule has 0 atom stereocenters. The molecular weight excluding hydrogens is 494 g/mol. The maximum atomic E-state index is 12.6. The van der Waals surface area contributed by atoms with E-state index < -0.39 is 0 Å². The second-order valence-corrected chi connectivity index (χ2v) is 9.55. The van der Waals surface area contributed by atoms with Crippen LogP contribution in [0.5, 0.6) is 0 Å². The van der Waals surface area contributed by atoms with E-state index in [0.717, 1.165) is 38.7 Å². The van der Waals surface area contributed by atoms with Crippen LogP contribution in [0.15, 0.2) is 96.1 Å². The number of imidazole rings is 1. The maximum absolute atomic E-state index is 12.6. The first kappa shape index (κ1) is 22.1. The molecule has 3 N–H and O–H groups in total. The molecule has 8 nitrogen and oxygen atoms in total. The number of hydrogen-bond acceptors (Lipinski definition) is 6. The van der Waals surface area contributed by atoms with Crippen molar-refractivity contribution in [2.45, 2.75) is 0 Å². The van der Waals surface area contributed by atoms with Gasteiger partial charge < -0.3 is 10.3 Å². The summed E-state index contributed by atoms with van der Waals surface area (Å²) in [4.78, 5) is 29.9. The molecule has 0 bridgehead atoms. The Morgan fingerprint density at radius 3 is 2.66 bits per heavy atom. The normalized spacial score (nSPS) is 11.3. The number of benzene rings is 2. The van der Waals surface area contributed by atoms with E-state index in [9.17, 15) is 4.79 Å². The van der Waals surface area contributed by atoms with Crippen molar-refractivity contribution in [3.8, 4) is 33.8 Å². The number of aromatic amines is 2. The zero-order valence-electron chi connectivity index (χ0n) is 19.8. The monoisotopic (exact) mass is 513 g/mol. The lowest BCUT2D eigenvalue weighted by molar-refractivity contribution is 0.102. The third kappa shape index (κ3) is 3.91. The van der Waals surface area contributed by atoms with Crippen LogP contribution >= 0.6 is 11.3 Å². The Morgan fingerprint density at radius 2 is 1.79 bits per heavy atom. The van der Waals surface area contributed by atoms with Gasteiger partial charge in [-0.1, -0.05) is 30.3 Å². The molecule has 2 aromatic carbocycles. The van der Waals surface area contributed by atoms with Gasteiger partial charge in [0.1, 0.15) is 5.69 Å². The maximum Gasteiger partial charge on any atom is 0.255 e. The number of anilines is 1. The van der Waals surface area contributed by atoms with Crippen molar-refractivity contribution < 1.29 is 4.79 Å². The van der Waals surface area contributed by atoms with Crippen LogP contribution in [0.3, 0.4) is 0 Å². The Kier molecular flexibility index (Phi) is 5.26. The van der Waals surface area contributed by atoms with Crippen molar-refractivity contribution >= 4 is 45.0 Å². The SMILES string of the molecule is O=C(Nc1cncc(-c2cnc3[nH]nc(-c4nc5c(-c6ccsc6)cccc5[nH]4)c3c2)c1)c1ccccc1. The number of H-pyrrole nitrogens is 2. The van der Waals surface area contributed by atoms with Crippen LogP contribution in [0.4, 0.5) is 5.69 Å². The zero-order valence-corrected chi connectivity index (χ0v) is 20.7. The number of nitrogens with one attached hydrogen (secondary N) is 3. The van der Waals surface area contributed by atoms with Crippen LogP contribution in [0.2, 0.25) is 0 Å². The number of carbonyl (C=O) groups is 1. The predicted molar refractivity (Wildman–Crippen MR) is 150 cm³/mol. The molecule has 0 spiro atoms. The van der Waals surface area contributed by atoms with Gasteiger partial charge in [0.15, 0.2) is 11.5 Å². The Bertz CT molecular complexity index is 1920. The summed E-state index contributed by atoms with van der Waals surface area (Å²) in [6, 6.07) is 21.2. The molecule has 0 aliphatic rings. The van der Waals surface area contributed by atoms with Gasteiger partial charge in [-0.2, -0.15) is 16.4 Å². The number of carbonyl (C=O) groups excluding carboxylic acids is 1. The van der Waals surface area contributed by atoms with Crippen molar-refractivity contribution in [1.29, 1.82) is 0 Å². The predicted octanol–water partition coefficient (Wildman–Crippen LogP) is 6.54. The van der Waals surface area contributed by atoms with Crippen molar-refractivity contribution in [3.05, 3.63) is 102 Å². The molecule has 1 amide bonds. The van der Waals surface area contributed by atoms with Crippen LogP contribution in [0.1, 0.15) is 10.4 Å². The number of fused-ring (bicyclic) bond motifs is 2. The fourth-order valence-corrected chi connectivity index (χ4v) is 5.15. The molecule has 0 saturated carbocycles. The first-order valence-corrected chi connectivity index (χ1v) is 12.8. The van der Waals surface area contributed by atoms with Crippen LogP contribution in [0, 0.1) is 0 Å². The first-order chi connectivity index (χ1) is 18.7. The summed E-state index contributed by atoms with van der Waals surface area (Å²) in [5, 5.41) is 15.5. The number of hydrogen-bond donors (Lipinski definition) is 3. The average Bonchev–Trinajstić information content (AvgIpc) is 3.73. The molecular formula is C29H19N7OS. The minimum Gasteiger partial charge on any atom is -0.337 e. The highest BCUT2D eigenvalue weighted by molar-refractivity contribution is 7.08. The van der Waals surface area contributed by atoms with Gasteiger partial charge in [0.25, 0.3) is 5.91 Å². The molecule has 0 unspecified atom stereocenters. The van der Waals surface area contributed by atoms with Gasteiger partial charge in [-0.25, -0.2) is 9.97 Å². The molecule has 0 aliphatic carbocycles. The van der Waals surface area contributed by atoms with Crippen LogP contribution < -0.4 is 5.32 Å². The molecule has 0 saturated heterocycles. The lowest BCUT2D eigenvalue weighted by atomic mass is 10.1. The van der Waals surface area contributed by atoms with E-state index in [2.05, 4.69) is 53.4 Å². The summed E-state index contributed by atoms with van der Waals surface area (Å²) >= 11 is 1.66. The van der Waals surface area contributed by atoms with E-state index in [1.165, 1.54) is 0 Å². The van der Waals surface area contributed by atoms with Gasteiger partial charge in [0.2, 0.25) is 0 Å². The number of nitrogens with zero attached hydrogens (tertiary/aromatic N) is 4. The number of rotatable bonds is 5. The van der Waals surface area contributed by atoms with Gasteiger partial charge in [0.05, 0.1) is 28.3 Å². The topological polar surface area (TPSA) is 112 Å². The van der Waals surface area contributed by atoms with Gasteiger partial charge in [-0.3, -0.25) is 14.9 Å². The smallest absolute Gasteiger partial charge is 0.255 e. The van der Waals surface area contributed by atoms with Crippen molar-refractivity contribution in [2.75, 3.05) is 5.32 Å². The van der Waals surface area contributed by atoms with Crippen LogP contribution in [-0.4, -0.2) is 36.0 Å². The third-order valence-corrected chi connectivity index (χ3v) is 7.03. The van der Waals surface area contributed by atoms with Gasteiger partial charge in [-0.05, 0) is 52.7 Å². The molecule has 7 rings (SSSR count). The summed E-state index contributed by atoms with van der Waals surface area (Å²) in [5.41, 5.74) is 8.24. The van der Waals surface area contributed by atoms with E-state index >= 15 is 0 Å².